The van der Waals surface area contributed by atoms with Gasteiger partial charge in [-0.2, -0.15) is 5.90 Å². The third-order valence-corrected chi connectivity index (χ3v) is 2.82. The maximum absolute atomic E-state index is 11.5. The van der Waals surface area contributed by atoms with Gasteiger partial charge in [0, 0.05) is 12.8 Å². The molecular formula is C14H19NO4. The Bertz CT molecular complexity index is 414. The molecule has 5 heteroatoms. The summed E-state index contributed by atoms with van der Waals surface area (Å²) in [5.41, 5.74) is 1.16. The van der Waals surface area contributed by atoms with Crippen molar-refractivity contribution in [1.82, 2.24) is 0 Å². The van der Waals surface area contributed by atoms with E-state index in [9.17, 15) is 9.59 Å². The van der Waals surface area contributed by atoms with Gasteiger partial charge in [0.2, 0.25) is 0 Å². The largest absolute Gasteiger partial charge is 0.497 e. The summed E-state index contributed by atoms with van der Waals surface area (Å²) in [6, 6.07) is 7.76. The molecule has 0 fully saturated rings. The predicted octanol–water partition coefficient (Wildman–Crippen LogP) is 1.78. The number of nitrogens with two attached hydrogens (primary N) is 1. The lowest BCUT2D eigenvalue weighted by Gasteiger charge is -2.03. The zero-order chi connectivity index (χ0) is 14.1. The Balaban J connectivity index is 2.22. The van der Waals surface area contributed by atoms with Crippen molar-refractivity contribution in [3.05, 3.63) is 29.8 Å². The van der Waals surface area contributed by atoms with Gasteiger partial charge in [0.05, 0.1) is 13.5 Å². The van der Waals surface area contributed by atoms with Crippen LogP contribution in [0, 0.1) is 0 Å². The summed E-state index contributed by atoms with van der Waals surface area (Å²) in [5.74, 6) is 5.01. The van der Waals surface area contributed by atoms with Crippen molar-refractivity contribution in [1.29, 1.82) is 0 Å². The van der Waals surface area contributed by atoms with E-state index in [0.29, 0.717) is 6.42 Å². The van der Waals surface area contributed by atoms with Crippen LogP contribution in [-0.2, 0) is 20.8 Å². The molecule has 5 nitrogen and oxygen atoms in total. The van der Waals surface area contributed by atoms with Gasteiger partial charge >= 0.3 is 5.97 Å². The number of hydrogen-bond acceptors (Lipinski definition) is 5. The summed E-state index contributed by atoms with van der Waals surface area (Å²) in [4.78, 5) is 26.2. The van der Waals surface area contributed by atoms with E-state index in [1.54, 1.807) is 7.11 Å². The van der Waals surface area contributed by atoms with Crippen LogP contribution in [0.3, 0.4) is 0 Å². The van der Waals surface area contributed by atoms with Crippen molar-refractivity contribution >= 4 is 11.8 Å². The van der Waals surface area contributed by atoms with Crippen LogP contribution < -0.4 is 10.6 Å². The average molecular weight is 265 g/mol. The summed E-state index contributed by atoms with van der Waals surface area (Å²) in [6.45, 7) is 0. The third kappa shape index (κ3) is 6.01. The molecule has 0 aliphatic rings. The first-order chi connectivity index (χ1) is 9.15. The third-order valence-electron chi connectivity index (χ3n) is 2.82. The fraction of sp³-hybridized carbons (Fsp3) is 0.429. The highest BCUT2D eigenvalue weighted by molar-refractivity contribution is 5.82. The van der Waals surface area contributed by atoms with Crippen LogP contribution in [0.4, 0.5) is 0 Å². The van der Waals surface area contributed by atoms with Gasteiger partial charge in [0.25, 0.3) is 0 Å². The van der Waals surface area contributed by atoms with Gasteiger partial charge in [-0.05, 0) is 30.5 Å². The molecule has 104 valence electrons. The molecule has 1 rings (SSSR count). The highest BCUT2D eigenvalue weighted by Crippen LogP contribution is 2.13. The van der Waals surface area contributed by atoms with Crippen molar-refractivity contribution in [3.63, 3.8) is 0 Å². The molecule has 1 aromatic rings. The first-order valence-corrected chi connectivity index (χ1v) is 6.20. The summed E-state index contributed by atoms with van der Waals surface area (Å²) < 4.78 is 5.07. The van der Waals surface area contributed by atoms with E-state index < -0.39 is 5.97 Å². The summed E-state index contributed by atoms with van der Waals surface area (Å²) in [7, 11) is 1.63. The van der Waals surface area contributed by atoms with Gasteiger partial charge < -0.3 is 9.57 Å². The Morgan fingerprint density at radius 3 is 2.37 bits per heavy atom. The van der Waals surface area contributed by atoms with E-state index in [1.165, 1.54) is 0 Å². The molecule has 0 bridgehead atoms. The van der Waals surface area contributed by atoms with Crippen LogP contribution in [0.2, 0.25) is 0 Å². The van der Waals surface area contributed by atoms with Crippen molar-refractivity contribution in [3.8, 4) is 5.75 Å². The minimum absolute atomic E-state index is 0.0534. The molecular weight excluding hydrogens is 246 g/mol. The lowest BCUT2D eigenvalue weighted by Crippen LogP contribution is -2.11. The van der Waals surface area contributed by atoms with Crippen LogP contribution in [0.5, 0.6) is 5.75 Å². The van der Waals surface area contributed by atoms with Gasteiger partial charge in [0.1, 0.15) is 11.5 Å². The smallest absolute Gasteiger partial charge is 0.324 e. The SMILES string of the molecule is COc1ccc(CCCC(=O)CCC(=O)ON)cc1. The van der Waals surface area contributed by atoms with Crippen molar-refractivity contribution in [2.45, 2.75) is 32.1 Å². The quantitative estimate of drug-likeness (QED) is 0.725. The molecule has 0 unspecified atom stereocenters. The summed E-state index contributed by atoms with van der Waals surface area (Å²) in [6.07, 6.45) is 2.31. The molecule has 0 aliphatic carbocycles. The van der Waals surface area contributed by atoms with Crippen LogP contribution in [-0.4, -0.2) is 18.9 Å². The fourth-order valence-electron chi connectivity index (χ4n) is 1.71. The monoisotopic (exact) mass is 265 g/mol. The number of hydrogen-bond donors (Lipinski definition) is 1. The molecule has 0 atom stereocenters. The molecule has 19 heavy (non-hydrogen) atoms. The maximum atomic E-state index is 11.5. The Labute approximate surface area is 112 Å². The number of benzene rings is 1. The van der Waals surface area contributed by atoms with Gasteiger partial charge in [-0.15, -0.1) is 0 Å². The molecule has 0 amide bonds. The highest BCUT2D eigenvalue weighted by atomic mass is 16.7. The van der Waals surface area contributed by atoms with E-state index in [1.807, 2.05) is 24.3 Å². The van der Waals surface area contributed by atoms with E-state index >= 15 is 0 Å². The van der Waals surface area contributed by atoms with E-state index in [4.69, 9.17) is 4.74 Å². The molecule has 1 aromatic carbocycles. The number of ketones is 1. The summed E-state index contributed by atoms with van der Waals surface area (Å²) in [5, 5.41) is 0. The Morgan fingerprint density at radius 1 is 1.11 bits per heavy atom. The lowest BCUT2D eigenvalue weighted by atomic mass is 10.0. The Hall–Kier alpha value is -1.88. The zero-order valence-electron chi connectivity index (χ0n) is 11.1. The molecule has 0 spiro atoms. The van der Waals surface area contributed by atoms with Crippen LogP contribution in [0.1, 0.15) is 31.2 Å². The number of ether oxygens (including phenoxy) is 1. The number of rotatable bonds is 8. The fourth-order valence-corrected chi connectivity index (χ4v) is 1.71. The maximum Gasteiger partial charge on any atom is 0.324 e. The Morgan fingerprint density at radius 2 is 1.79 bits per heavy atom. The van der Waals surface area contributed by atoms with Crippen LogP contribution in [0.25, 0.3) is 0 Å². The number of methoxy groups -OCH3 is 1. The van der Waals surface area contributed by atoms with Gasteiger partial charge in [-0.1, -0.05) is 12.1 Å². The molecule has 0 heterocycles. The minimum atomic E-state index is -0.552. The van der Waals surface area contributed by atoms with Crippen molar-refractivity contribution in [2.75, 3.05) is 7.11 Å². The van der Waals surface area contributed by atoms with E-state index in [2.05, 4.69) is 10.7 Å². The molecule has 0 saturated heterocycles. The second kappa shape index (κ2) is 8.26. The average Bonchev–Trinajstić information content (AvgIpc) is 2.45. The van der Waals surface area contributed by atoms with E-state index in [0.717, 1.165) is 24.2 Å². The molecule has 0 radical (unpaired) electrons. The number of carbonyl (C=O) groups is 2. The molecule has 0 saturated carbocycles. The predicted molar refractivity (Wildman–Crippen MR) is 70.5 cm³/mol. The standard InChI is InChI=1S/C14H19NO4/c1-18-13-8-5-11(6-9-13)3-2-4-12(16)7-10-14(17)19-15/h5-6,8-9H,2-4,7,10,15H2,1H3. The number of carbonyl (C=O) groups excluding carboxylic acids is 2. The molecule has 2 N–H and O–H groups in total. The second-order valence-corrected chi connectivity index (χ2v) is 4.23. The van der Waals surface area contributed by atoms with Crippen LogP contribution >= 0.6 is 0 Å². The van der Waals surface area contributed by atoms with Gasteiger partial charge in [-0.3, -0.25) is 9.59 Å². The number of Topliss-reactive ketones (excluding diaryl/α,β-unsaturated/α-hetero) is 1. The molecule has 0 aliphatic heterocycles. The second-order valence-electron chi connectivity index (χ2n) is 4.23. The summed E-state index contributed by atoms with van der Waals surface area (Å²) >= 11 is 0. The highest BCUT2D eigenvalue weighted by Gasteiger charge is 2.07. The van der Waals surface area contributed by atoms with Gasteiger partial charge in [-0.25, -0.2) is 0 Å². The number of aryl methyl sites for hydroxylation is 1. The minimum Gasteiger partial charge on any atom is -0.497 e. The first kappa shape index (κ1) is 15.2. The van der Waals surface area contributed by atoms with E-state index in [-0.39, 0.29) is 18.6 Å². The zero-order valence-corrected chi connectivity index (χ0v) is 11.1. The van der Waals surface area contributed by atoms with Crippen molar-refractivity contribution < 1.29 is 19.2 Å². The van der Waals surface area contributed by atoms with Gasteiger partial charge in [0.15, 0.2) is 0 Å². The normalized spacial score (nSPS) is 10.0. The Kier molecular flexibility index (Phi) is 6.60. The van der Waals surface area contributed by atoms with Crippen molar-refractivity contribution in [2.24, 2.45) is 5.90 Å². The first-order valence-electron chi connectivity index (χ1n) is 6.20. The lowest BCUT2D eigenvalue weighted by molar-refractivity contribution is -0.145. The van der Waals surface area contributed by atoms with Crippen LogP contribution in [0.15, 0.2) is 24.3 Å². The molecule has 0 aromatic heterocycles. The topological polar surface area (TPSA) is 78.6 Å².